The summed E-state index contributed by atoms with van der Waals surface area (Å²) < 4.78 is 0. The minimum atomic E-state index is 0.0743. The van der Waals surface area contributed by atoms with Crippen molar-refractivity contribution < 1.29 is 4.79 Å². The Hall–Kier alpha value is -2.62. The Morgan fingerprint density at radius 2 is 1.48 bits per heavy atom. The summed E-state index contributed by atoms with van der Waals surface area (Å²) in [6, 6.07) is 25.3. The zero-order valence-corrected chi connectivity index (χ0v) is 19.9. The van der Waals surface area contributed by atoms with Crippen LogP contribution in [0.1, 0.15) is 41.5 Å². The molecule has 1 atom stereocenters. The number of hydrogen-bond acceptors (Lipinski definition) is 3. The van der Waals surface area contributed by atoms with Gasteiger partial charge in [0, 0.05) is 23.2 Å². The highest BCUT2D eigenvalue weighted by atomic mass is 35.5. The van der Waals surface area contributed by atoms with Gasteiger partial charge in [0.25, 0.3) is 0 Å². The standard InChI is InChI=1S/C29H33ClN2O/c30-27-16-14-24(15-17-27)20-32-21-29(33)26(19-25-7-1-2-9-28(25)32)8-3-5-22-10-12-23(13-11-22)6-4-18-31/h1-2,7,9-17,26H,3-6,8,18-21,31H2. The molecule has 0 aromatic heterocycles. The van der Waals surface area contributed by atoms with Gasteiger partial charge in [0.15, 0.2) is 5.78 Å². The number of carbonyl (C=O) groups is 1. The van der Waals surface area contributed by atoms with Crippen molar-refractivity contribution in [1.29, 1.82) is 0 Å². The molecule has 0 radical (unpaired) electrons. The molecule has 0 amide bonds. The molecule has 172 valence electrons. The maximum Gasteiger partial charge on any atom is 0.155 e. The van der Waals surface area contributed by atoms with Crippen LogP contribution in [-0.4, -0.2) is 18.9 Å². The second-order valence-electron chi connectivity index (χ2n) is 9.08. The van der Waals surface area contributed by atoms with Gasteiger partial charge in [-0.05, 0) is 85.5 Å². The Kier molecular flexibility index (Phi) is 8.20. The highest BCUT2D eigenvalue weighted by molar-refractivity contribution is 6.30. The largest absolute Gasteiger partial charge is 0.360 e. The molecule has 1 unspecified atom stereocenters. The summed E-state index contributed by atoms with van der Waals surface area (Å²) in [6.07, 6.45) is 5.86. The van der Waals surface area contributed by atoms with E-state index in [1.54, 1.807) is 0 Å². The van der Waals surface area contributed by atoms with Gasteiger partial charge in [-0.2, -0.15) is 0 Å². The van der Waals surface area contributed by atoms with Crippen LogP contribution < -0.4 is 10.6 Å². The van der Waals surface area contributed by atoms with Gasteiger partial charge < -0.3 is 10.6 Å². The molecule has 0 saturated carbocycles. The number of benzene rings is 3. The first-order valence-electron chi connectivity index (χ1n) is 12.0. The zero-order chi connectivity index (χ0) is 23.0. The lowest BCUT2D eigenvalue weighted by atomic mass is 9.90. The molecule has 0 aliphatic carbocycles. The minimum Gasteiger partial charge on any atom is -0.360 e. The second kappa shape index (κ2) is 11.5. The molecule has 3 aromatic rings. The summed E-state index contributed by atoms with van der Waals surface area (Å²) in [5.74, 6) is 0.419. The van der Waals surface area contributed by atoms with Gasteiger partial charge in [0.2, 0.25) is 0 Å². The number of halogens is 1. The van der Waals surface area contributed by atoms with Crippen LogP contribution in [0, 0.1) is 5.92 Å². The average molecular weight is 461 g/mol. The van der Waals surface area contributed by atoms with E-state index in [1.807, 2.05) is 24.3 Å². The predicted molar refractivity (Wildman–Crippen MR) is 138 cm³/mol. The molecule has 2 N–H and O–H groups in total. The van der Waals surface area contributed by atoms with Crippen LogP contribution in [0.2, 0.25) is 5.02 Å². The number of anilines is 1. The third kappa shape index (κ3) is 6.46. The van der Waals surface area contributed by atoms with Crippen LogP contribution in [0.3, 0.4) is 0 Å². The van der Waals surface area contributed by atoms with E-state index in [0.717, 1.165) is 55.7 Å². The lowest BCUT2D eigenvalue weighted by molar-refractivity contribution is -0.121. The molecule has 4 rings (SSSR count). The van der Waals surface area contributed by atoms with Crippen molar-refractivity contribution in [2.24, 2.45) is 11.7 Å². The number of aryl methyl sites for hydroxylation is 2. The third-order valence-electron chi connectivity index (χ3n) is 6.60. The minimum absolute atomic E-state index is 0.0743. The summed E-state index contributed by atoms with van der Waals surface area (Å²) in [4.78, 5) is 15.5. The van der Waals surface area contributed by atoms with Crippen LogP contribution in [0.4, 0.5) is 5.69 Å². The average Bonchev–Trinajstić information content (AvgIpc) is 2.96. The van der Waals surface area contributed by atoms with Crippen molar-refractivity contribution in [1.82, 2.24) is 0 Å². The molecule has 4 heteroatoms. The first-order chi connectivity index (χ1) is 16.1. The molecule has 0 bridgehead atoms. The first-order valence-corrected chi connectivity index (χ1v) is 12.4. The van der Waals surface area contributed by atoms with Crippen LogP contribution in [-0.2, 0) is 30.6 Å². The molecule has 0 spiro atoms. The molecule has 1 aliphatic rings. The predicted octanol–water partition coefficient (Wildman–Crippen LogP) is 6.00. The number of Topliss-reactive ketones (excluding diaryl/α,β-unsaturated/α-hetero) is 1. The Morgan fingerprint density at radius 1 is 0.848 bits per heavy atom. The van der Waals surface area contributed by atoms with E-state index in [0.29, 0.717) is 18.9 Å². The summed E-state index contributed by atoms with van der Waals surface area (Å²) >= 11 is 6.05. The van der Waals surface area contributed by atoms with Gasteiger partial charge in [-0.1, -0.05) is 66.2 Å². The number of nitrogens with zero attached hydrogens (tertiary/aromatic N) is 1. The van der Waals surface area contributed by atoms with E-state index in [2.05, 4.69) is 53.4 Å². The number of rotatable bonds is 9. The summed E-state index contributed by atoms with van der Waals surface area (Å²) in [5.41, 5.74) is 11.9. The van der Waals surface area contributed by atoms with Crippen molar-refractivity contribution in [3.63, 3.8) is 0 Å². The molecule has 3 aromatic carbocycles. The molecule has 33 heavy (non-hydrogen) atoms. The topological polar surface area (TPSA) is 46.3 Å². The number of fused-ring (bicyclic) bond motifs is 1. The summed E-state index contributed by atoms with van der Waals surface area (Å²) in [5, 5.41) is 0.733. The fraction of sp³-hybridized carbons (Fsp3) is 0.345. The smallest absolute Gasteiger partial charge is 0.155 e. The fourth-order valence-electron chi connectivity index (χ4n) is 4.72. The Morgan fingerprint density at radius 3 is 2.18 bits per heavy atom. The maximum atomic E-state index is 13.3. The quantitative estimate of drug-likeness (QED) is 0.425. The number of carbonyl (C=O) groups excluding carboxylic acids is 1. The van der Waals surface area contributed by atoms with E-state index < -0.39 is 0 Å². The van der Waals surface area contributed by atoms with Gasteiger partial charge in [-0.25, -0.2) is 0 Å². The van der Waals surface area contributed by atoms with E-state index in [-0.39, 0.29) is 5.92 Å². The third-order valence-corrected chi connectivity index (χ3v) is 6.85. The van der Waals surface area contributed by atoms with Gasteiger partial charge in [0.1, 0.15) is 0 Å². The highest BCUT2D eigenvalue weighted by Gasteiger charge is 2.27. The normalized spacial score (nSPS) is 15.9. The van der Waals surface area contributed by atoms with Crippen molar-refractivity contribution in [2.75, 3.05) is 18.0 Å². The van der Waals surface area contributed by atoms with Crippen molar-refractivity contribution >= 4 is 23.1 Å². The molecule has 0 saturated heterocycles. The summed E-state index contributed by atoms with van der Waals surface area (Å²) in [6.45, 7) is 1.90. The van der Waals surface area contributed by atoms with E-state index in [9.17, 15) is 4.79 Å². The van der Waals surface area contributed by atoms with Gasteiger partial charge >= 0.3 is 0 Å². The molecular formula is C29H33ClN2O. The van der Waals surface area contributed by atoms with Crippen LogP contribution >= 0.6 is 11.6 Å². The van der Waals surface area contributed by atoms with Gasteiger partial charge in [-0.3, -0.25) is 4.79 Å². The van der Waals surface area contributed by atoms with Crippen LogP contribution in [0.5, 0.6) is 0 Å². The van der Waals surface area contributed by atoms with Crippen molar-refractivity contribution in [3.8, 4) is 0 Å². The van der Waals surface area contributed by atoms with Gasteiger partial charge in [-0.15, -0.1) is 0 Å². The monoisotopic (exact) mass is 460 g/mol. The Balaban J connectivity index is 1.39. The van der Waals surface area contributed by atoms with Crippen LogP contribution in [0.15, 0.2) is 72.8 Å². The van der Waals surface area contributed by atoms with Crippen molar-refractivity contribution in [2.45, 2.75) is 45.1 Å². The highest BCUT2D eigenvalue weighted by Crippen LogP contribution is 2.31. The number of ketones is 1. The van der Waals surface area contributed by atoms with Crippen molar-refractivity contribution in [3.05, 3.63) is 100 Å². The van der Waals surface area contributed by atoms with Crippen LogP contribution in [0.25, 0.3) is 0 Å². The second-order valence-corrected chi connectivity index (χ2v) is 9.52. The Bertz CT molecular complexity index is 1050. The van der Waals surface area contributed by atoms with Gasteiger partial charge in [0.05, 0.1) is 6.54 Å². The SMILES string of the molecule is NCCCc1ccc(CCCC2Cc3ccccc3N(Cc3ccc(Cl)cc3)CC2=O)cc1. The molecule has 1 aliphatic heterocycles. The number of para-hydroxylation sites is 1. The lowest BCUT2D eigenvalue weighted by Crippen LogP contribution is -2.31. The van der Waals surface area contributed by atoms with E-state index in [1.165, 1.54) is 22.4 Å². The molecular weight excluding hydrogens is 428 g/mol. The molecule has 0 fully saturated rings. The fourth-order valence-corrected chi connectivity index (χ4v) is 4.85. The van der Waals surface area contributed by atoms with E-state index >= 15 is 0 Å². The van der Waals surface area contributed by atoms with E-state index in [4.69, 9.17) is 17.3 Å². The summed E-state index contributed by atoms with van der Waals surface area (Å²) in [7, 11) is 0. The maximum absolute atomic E-state index is 13.3. The number of hydrogen-bond donors (Lipinski definition) is 1. The molecule has 3 nitrogen and oxygen atoms in total. The zero-order valence-electron chi connectivity index (χ0n) is 19.2. The first kappa shape index (κ1) is 23.5. The molecule has 1 heterocycles. The Labute approximate surface area is 202 Å². The lowest BCUT2D eigenvalue weighted by Gasteiger charge is -2.24. The number of nitrogens with two attached hydrogens (primary N) is 1.